The van der Waals surface area contributed by atoms with Crippen molar-refractivity contribution >= 4 is 5.97 Å². The fourth-order valence-electron chi connectivity index (χ4n) is 0.927. The summed E-state index contributed by atoms with van der Waals surface area (Å²) in [5, 5.41) is 7.12. The van der Waals surface area contributed by atoms with Gasteiger partial charge in [-0.2, -0.15) is 13.2 Å². The summed E-state index contributed by atoms with van der Waals surface area (Å²) in [7, 11) is 0. The molecular weight excluding hydrogens is 310 g/mol. The van der Waals surface area contributed by atoms with Crippen molar-refractivity contribution in [3.8, 4) is 5.75 Å². The molecule has 1 aromatic rings. The second-order valence-corrected chi connectivity index (χ2v) is 3.38. The zero-order valence-corrected chi connectivity index (χ0v) is 10.1. The molecule has 11 heteroatoms. The van der Waals surface area contributed by atoms with E-state index in [1.165, 1.54) is 24.3 Å². The number of carboxylic acid groups (broad SMARTS) is 1. The van der Waals surface area contributed by atoms with Crippen molar-refractivity contribution in [2.45, 2.75) is 19.1 Å². The third-order valence-electron chi connectivity index (χ3n) is 1.71. The Balaban J connectivity index is 0.000000486. The second-order valence-electron chi connectivity index (χ2n) is 3.38. The molecule has 0 saturated carbocycles. The summed E-state index contributed by atoms with van der Waals surface area (Å²) in [6.45, 7) is 0.395. The minimum atomic E-state index is -5.08. The van der Waals surface area contributed by atoms with Gasteiger partial charge in [0.2, 0.25) is 0 Å². The second kappa shape index (κ2) is 7.69. The van der Waals surface area contributed by atoms with Crippen LogP contribution in [0.4, 0.5) is 26.3 Å². The van der Waals surface area contributed by atoms with Crippen LogP contribution in [-0.4, -0.2) is 23.6 Å². The summed E-state index contributed by atoms with van der Waals surface area (Å²) in [5.41, 5.74) is 3.17. The monoisotopic (exact) mass is 320 g/mol. The molecule has 0 radical (unpaired) electrons. The lowest BCUT2D eigenvalue weighted by molar-refractivity contribution is -0.274. The summed E-state index contributed by atoms with van der Waals surface area (Å²) in [4.78, 5) is 8.90. The van der Waals surface area contributed by atoms with Crippen molar-refractivity contribution < 1.29 is 41.0 Å². The van der Waals surface area contributed by atoms with Crippen molar-refractivity contribution in [2.24, 2.45) is 5.84 Å². The summed E-state index contributed by atoms with van der Waals surface area (Å²) in [6, 6.07) is 5.47. The molecule has 0 heterocycles. The quantitative estimate of drug-likeness (QED) is 0.452. The Kier molecular flexibility index (Phi) is 6.95. The predicted molar refractivity (Wildman–Crippen MR) is 57.8 cm³/mol. The summed E-state index contributed by atoms with van der Waals surface area (Å²) >= 11 is 0. The van der Waals surface area contributed by atoms with Gasteiger partial charge in [0.1, 0.15) is 5.75 Å². The van der Waals surface area contributed by atoms with E-state index in [9.17, 15) is 26.3 Å². The standard InChI is InChI=1S/C8H9F3N2O.C2HF3O2/c9-8(10,11)14-7-3-1-6(2-4-7)5-13-12;3-2(4,5)1(6)7/h1-4,13H,5,12H2;(H,6,7). The number of halogens is 6. The van der Waals surface area contributed by atoms with Crippen LogP contribution < -0.4 is 16.0 Å². The van der Waals surface area contributed by atoms with Crippen LogP contribution in [0.15, 0.2) is 24.3 Å². The number of hydrogen-bond donors (Lipinski definition) is 3. The molecule has 0 amide bonds. The highest BCUT2D eigenvalue weighted by atomic mass is 19.4. The molecule has 0 fully saturated rings. The number of aliphatic carboxylic acids is 1. The SMILES string of the molecule is NNCc1ccc(OC(F)(F)F)cc1.O=C(O)C(F)(F)F. The number of rotatable bonds is 3. The van der Waals surface area contributed by atoms with E-state index >= 15 is 0 Å². The van der Waals surface area contributed by atoms with Crippen LogP contribution in [-0.2, 0) is 11.3 Å². The molecule has 0 aliphatic rings. The maximum absolute atomic E-state index is 11.7. The predicted octanol–water partition coefficient (Wildman–Crippen LogP) is 2.18. The van der Waals surface area contributed by atoms with Crippen LogP contribution in [0.25, 0.3) is 0 Å². The van der Waals surface area contributed by atoms with E-state index in [2.05, 4.69) is 10.2 Å². The number of nitrogens with one attached hydrogen (secondary N) is 1. The van der Waals surface area contributed by atoms with Gasteiger partial charge in [-0.05, 0) is 17.7 Å². The van der Waals surface area contributed by atoms with Gasteiger partial charge in [-0.15, -0.1) is 13.2 Å². The zero-order valence-electron chi connectivity index (χ0n) is 10.1. The Hall–Kier alpha value is -2.01. The van der Waals surface area contributed by atoms with Gasteiger partial charge in [-0.25, -0.2) is 4.79 Å². The normalized spacial score (nSPS) is 11.4. The Labute approximate surface area is 114 Å². The Morgan fingerprint density at radius 3 is 1.86 bits per heavy atom. The minimum Gasteiger partial charge on any atom is -0.475 e. The third kappa shape index (κ3) is 9.51. The van der Waals surface area contributed by atoms with Crippen molar-refractivity contribution in [3.63, 3.8) is 0 Å². The topological polar surface area (TPSA) is 84.6 Å². The van der Waals surface area contributed by atoms with Gasteiger partial charge < -0.3 is 9.84 Å². The first kappa shape index (κ1) is 19.0. The molecule has 0 bridgehead atoms. The van der Waals surface area contributed by atoms with Gasteiger partial charge >= 0.3 is 18.5 Å². The molecule has 4 N–H and O–H groups in total. The smallest absolute Gasteiger partial charge is 0.475 e. The van der Waals surface area contributed by atoms with Crippen LogP contribution in [0.1, 0.15) is 5.56 Å². The number of ether oxygens (including phenoxy) is 1. The first-order valence-electron chi connectivity index (χ1n) is 5.04. The Bertz CT molecular complexity index is 444. The van der Waals surface area contributed by atoms with E-state index in [-0.39, 0.29) is 5.75 Å². The van der Waals surface area contributed by atoms with Crippen LogP contribution in [0.3, 0.4) is 0 Å². The number of nitrogens with two attached hydrogens (primary N) is 1. The first-order chi connectivity index (χ1) is 9.45. The van der Waals surface area contributed by atoms with Crippen LogP contribution in [0.5, 0.6) is 5.75 Å². The number of alkyl halides is 6. The van der Waals surface area contributed by atoms with E-state index in [0.717, 1.165) is 5.56 Å². The lowest BCUT2D eigenvalue weighted by Gasteiger charge is -2.08. The van der Waals surface area contributed by atoms with Crippen LogP contribution in [0.2, 0.25) is 0 Å². The Morgan fingerprint density at radius 2 is 1.57 bits per heavy atom. The molecular formula is C10H10F6N2O3. The van der Waals surface area contributed by atoms with Crippen LogP contribution in [0, 0.1) is 0 Å². The van der Waals surface area contributed by atoms with Gasteiger partial charge in [0, 0.05) is 6.54 Å². The minimum absolute atomic E-state index is 0.238. The first-order valence-corrected chi connectivity index (χ1v) is 5.04. The van der Waals surface area contributed by atoms with Crippen molar-refractivity contribution in [3.05, 3.63) is 29.8 Å². The van der Waals surface area contributed by atoms with E-state index in [4.69, 9.17) is 15.7 Å². The number of carbonyl (C=O) groups is 1. The molecule has 0 unspecified atom stereocenters. The number of benzene rings is 1. The van der Waals surface area contributed by atoms with Gasteiger partial charge in [0.15, 0.2) is 0 Å². The van der Waals surface area contributed by atoms with Gasteiger partial charge in [0.25, 0.3) is 0 Å². The van der Waals surface area contributed by atoms with Crippen molar-refractivity contribution in [1.82, 2.24) is 5.43 Å². The lowest BCUT2D eigenvalue weighted by Crippen LogP contribution is -2.21. The molecule has 1 aromatic carbocycles. The average molecular weight is 320 g/mol. The molecule has 21 heavy (non-hydrogen) atoms. The molecule has 0 aliphatic carbocycles. The maximum atomic E-state index is 11.7. The molecule has 120 valence electrons. The third-order valence-corrected chi connectivity index (χ3v) is 1.71. The van der Waals surface area contributed by atoms with Gasteiger partial charge in [0.05, 0.1) is 0 Å². The van der Waals surface area contributed by atoms with Crippen molar-refractivity contribution in [2.75, 3.05) is 0 Å². The molecule has 5 nitrogen and oxygen atoms in total. The van der Waals surface area contributed by atoms with Gasteiger partial charge in [-0.3, -0.25) is 11.3 Å². The number of hydrazine groups is 1. The molecule has 0 aromatic heterocycles. The highest BCUT2D eigenvalue weighted by Gasteiger charge is 2.38. The van der Waals surface area contributed by atoms with E-state index in [1.807, 2.05) is 0 Å². The van der Waals surface area contributed by atoms with E-state index in [0.29, 0.717) is 6.54 Å². The van der Waals surface area contributed by atoms with E-state index in [1.54, 1.807) is 0 Å². The lowest BCUT2D eigenvalue weighted by atomic mass is 10.2. The maximum Gasteiger partial charge on any atom is 0.573 e. The Morgan fingerprint density at radius 1 is 1.14 bits per heavy atom. The summed E-state index contributed by atoms with van der Waals surface area (Å²) in [5.74, 6) is 2.04. The van der Waals surface area contributed by atoms with E-state index < -0.39 is 18.5 Å². The largest absolute Gasteiger partial charge is 0.573 e. The average Bonchev–Trinajstić information content (AvgIpc) is 2.29. The molecule has 0 saturated heterocycles. The van der Waals surface area contributed by atoms with Crippen molar-refractivity contribution in [1.29, 1.82) is 0 Å². The summed E-state index contributed by atoms with van der Waals surface area (Å²) in [6.07, 6.45) is -9.73. The molecule has 1 rings (SSSR count). The highest BCUT2D eigenvalue weighted by molar-refractivity contribution is 5.73. The summed E-state index contributed by atoms with van der Waals surface area (Å²) < 4.78 is 70.6. The number of hydrogen-bond acceptors (Lipinski definition) is 4. The molecule has 0 atom stereocenters. The van der Waals surface area contributed by atoms with Gasteiger partial charge in [-0.1, -0.05) is 12.1 Å². The highest BCUT2D eigenvalue weighted by Crippen LogP contribution is 2.22. The number of carboxylic acids is 1. The fraction of sp³-hybridized carbons (Fsp3) is 0.300. The van der Waals surface area contributed by atoms with Crippen LogP contribution >= 0.6 is 0 Å². The fourth-order valence-corrected chi connectivity index (χ4v) is 0.927. The zero-order chi connectivity index (χ0) is 16.7. The molecule has 0 spiro atoms. The molecule has 0 aliphatic heterocycles.